The zero-order valence-electron chi connectivity index (χ0n) is 15.2. The highest BCUT2D eigenvalue weighted by molar-refractivity contribution is 7.99. The number of imidazole rings is 1. The monoisotopic (exact) mass is 362 g/mol. The third kappa shape index (κ3) is 5.34. The molecule has 0 saturated heterocycles. The first-order valence-electron chi connectivity index (χ1n) is 8.51. The molecule has 0 aliphatic heterocycles. The lowest BCUT2D eigenvalue weighted by Gasteiger charge is -2.21. The van der Waals surface area contributed by atoms with Crippen molar-refractivity contribution in [1.82, 2.24) is 9.55 Å². The standard InChI is InChI=1S/C19H26N2O3S/c1-5-24-19(23)17-11-21(12-20-17)18(15(4)22)8-9-25-16-7-6-13(2)14(3)10-16/h6-7,10-12,15,18,22H,5,8-9H2,1-4H3. The molecule has 2 aromatic rings. The SMILES string of the molecule is CCOC(=O)c1cn(C(CCSc2ccc(C)c(C)c2)C(C)O)cn1. The number of hydrogen-bond acceptors (Lipinski definition) is 5. The van der Waals surface area contributed by atoms with Crippen molar-refractivity contribution in [2.24, 2.45) is 0 Å². The van der Waals surface area contributed by atoms with Gasteiger partial charge in [-0.15, -0.1) is 11.8 Å². The summed E-state index contributed by atoms with van der Waals surface area (Å²) in [5.41, 5.74) is 2.84. The van der Waals surface area contributed by atoms with Crippen LogP contribution in [0.25, 0.3) is 0 Å². The molecule has 25 heavy (non-hydrogen) atoms. The van der Waals surface area contributed by atoms with Gasteiger partial charge in [-0.3, -0.25) is 0 Å². The van der Waals surface area contributed by atoms with Crippen LogP contribution in [0.5, 0.6) is 0 Å². The summed E-state index contributed by atoms with van der Waals surface area (Å²) in [6.07, 6.45) is 3.47. The van der Waals surface area contributed by atoms with Gasteiger partial charge in [0.05, 0.1) is 25.1 Å². The smallest absolute Gasteiger partial charge is 0.358 e. The molecule has 0 aliphatic rings. The van der Waals surface area contributed by atoms with Crippen molar-refractivity contribution in [1.29, 1.82) is 0 Å². The van der Waals surface area contributed by atoms with E-state index in [1.54, 1.807) is 42.7 Å². The number of rotatable bonds is 8. The van der Waals surface area contributed by atoms with Gasteiger partial charge in [0.1, 0.15) is 0 Å². The zero-order chi connectivity index (χ0) is 18.4. The van der Waals surface area contributed by atoms with Crippen LogP contribution < -0.4 is 0 Å². The molecule has 0 saturated carbocycles. The summed E-state index contributed by atoms with van der Waals surface area (Å²) >= 11 is 1.77. The van der Waals surface area contributed by atoms with Crippen LogP contribution in [0.3, 0.4) is 0 Å². The number of aliphatic hydroxyl groups is 1. The number of benzene rings is 1. The molecule has 5 nitrogen and oxygen atoms in total. The Hall–Kier alpha value is -1.79. The van der Waals surface area contributed by atoms with Gasteiger partial charge in [0.2, 0.25) is 0 Å². The average Bonchev–Trinajstić information content (AvgIpc) is 3.04. The van der Waals surface area contributed by atoms with Crippen molar-refractivity contribution >= 4 is 17.7 Å². The van der Waals surface area contributed by atoms with Crippen LogP contribution in [0.1, 0.15) is 47.9 Å². The molecule has 2 rings (SSSR count). The number of aryl methyl sites for hydroxylation is 2. The molecular formula is C19H26N2O3S. The number of hydrogen-bond donors (Lipinski definition) is 1. The lowest BCUT2D eigenvalue weighted by atomic mass is 10.1. The normalized spacial score (nSPS) is 13.5. The van der Waals surface area contributed by atoms with E-state index in [-0.39, 0.29) is 11.7 Å². The van der Waals surface area contributed by atoms with Gasteiger partial charge in [0.25, 0.3) is 0 Å². The Morgan fingerprint density at radius 1 is 1.36 bits per heavy atom. The molecule has 0 fully saturated rings. The molecule has 1 aromatic heterocycles. The summed E-state index contributed by atoms with van der Waals surface area (Å²) in [5.74, 6) is 0.431. The Bertz CT molecular complexity index is 712. The minimum Gasteiger partial charge on any atom is -0.461 e. The maximum atomic E-state index is 11.7. The summed E-state index contributed by atoms with van der Waals surface area (Å²) in [6, 6.07) is 6.31. The van der Waals surface area contributed by atoms with Crippen LogP contribution in [0.4, 0.5) is 0 Å². The van der Waals surface area contributed by atoms with Gasteiger partial charge in [-0.25, -0.2) is 9.78 Å². The van der Waals surface area contributed by atoms with Crippen molar-refractivity contribution < 1.29 is 14.6 Å². The van der Waals surface area contributed by atoms with Gasteiger partial charge in [-0.1, -0.05) is 6.07 Å². The van der Waals surface area contributed by atoms with Gasteiger partial charge in [-0.05, 0) is 57.4 Å². The second-order valence-corrected chi connectivity index (χ2v) is 7.29. The summed E-state index contributed by atoms with van der Waals surface area (Å²) in [7, 11) is 0. The Labute approximate surface area is 153 Å². The number of carbonyl (C=O) groups is 1. The quantitative estimate of drug-likeness (QED) is 0.572. The molecule has 136 valence electrons. The van der Waals surface area contributed by atoms with Crippen molar-refractivity contribution in [2.45, 2.75) is 51.2 Å². The predicted molar refractivity (Wildman–Crippen MR) is 100 cm³/mol. The summed E-state index contributed by atoms with van der Waals surface area (Å²) in [4.78, 5) is 17.1. The molecule has 0 bridgehead atoms. The average molecular weight is 362 g/mol. The van der Waals surface area contributed by atoms with E-state index in [1.165, 1.54) is 16.0 Å². The molecule has 6 heteroatoms. The molecule has 0 amide bonds. The van der Waals surface area contributed by atoms with Crippen LogP contribution in [-0.2, 0) is 4.74 Å². The van der Waals surface area contributed by atoms with E-state index in [1.807, 2.05) is 0 Å². The number of ether oxygens (including phenoxy) is 1. The fourth-order valence-corrected chi connectivity index (χ4v) is 3.59. The fourth-order valence-electron chi connectivity index (χ4n) is 2.57. The van der Waals surface area contributed by atoms with Crippen molar-refractivity contribution in [3.63, 3.8) is 0 Å². The zero-order valence-corrected chi connectivity index (χ0v) is 16.0. The highest BCUT2D eigenvalue weighted by Crippen LogP contribution is 2.26. The molecule has 1 N–H and O–H groups in total. The first-order chi connectivity index (χ1) is 11.9. The lowest BCUT2D eigenvalue weighted by molar-refractivity contribution is 0.0519. The second kappa shape index (κ2) is 9.06. The van der Waals surface area contributed by atoms with E-state index in [2.05, 4.69) is 37.0 Å². The number of nitrogens with zero attached hydrogens (tertiary/aromatic N) is 2. The van der Waals surface area contributed by atoms with Crippen molar-refractivity contribution in [3.05, 3.63) is 47.5 Å². The number of esters is 1. The maximum absolute atomic E-state index is 11.7. The van der Waals surface area contributed by atoms with E-state index in [4.69, 9.17) is 4.74 Å². The molecule has 2 atom stereocenters. The molecule has 1 heterocycles. The van der Waals surface area contributed by atoms with Crippen LogP contribution >= 0.6 is 11.8 Å². The molecule has 2 unspecified atom stereocenters. The van der Waals surface area contributed by atoms with E-state index in [0.29, 0.717) is 6.61 Å². The van der Waals surface area contributed by atoms with Gasteiger partial charge in [-0.2, -0.15) is 0 Å². The van der Waals surface area contributed by atoms with Crippen molar-refractivity contribution in [2.75, 3.05) is 12.4 Å². The van der Waals surface area contributed by atoms with E-state index in [0.717, 1.165) is 12.2 Å². The minimum atomic E-state index is -0.537. The van der Waals surface area contributed by atoms with Crippen LogP contribution in [0.15, 0.2) is 35.6 Å². The molecule has 1 aromatic carbocycles. The van der Waals surface area contributed by atoms with Gasteiger partial charge >= 0.3 is 5.97 Å². The molecule has 0 radical (unpaired) electrons. The Morgan fingerprint density at radius 2 is 2.12 bits per heavy atom. The maximum Gasteiger partial charge on any atom is 0.358 e. The highest BCUT2D eigenvalue weighted by atomic mass is 32.2. The predicted octanol–water partition coefficient (Wildman–Crippen LogP) is 3.78. The summed E-state index contributed by atoms with van der Waals surface area (Å²) < 4.78 is 6.76. The number of thioether (sulfide) groups is 1. The Kier molecular flexibility index (Phi) is 7.08. The van der Waals surface area contributed by atoms with Gasteiger partial charge < -0.3 is 14.4 Å². The minimum absolute atomic E-state index is 0.130. The van der Waals surface area contributed by atoms with Crippen molar-refractivity contribution in [3.8, 4) is 0 Å². The first-order valence-corrected chi connectivity index (χ1v) is 9.49. The van der Waals surface area contributed by atoms with E-state index < -0.39 is 12.1 Å². The van der Waals surface area contributed by atoms with Crippen LogP contribution in [0.2, 0.25) is 0 Å². The number of aromatic nitrogens is 2. The third-order valence-corrected chi connectivity index (χ3v) is 5.21. The number of carbonyl (C=O) groups excluding carboxylic acids is 1. The molecule has 0 spiro atoms. The van der Waals surface area contributed by atoms with Gasteiger partial charge in [0.15, 0.2) is 5.69 Å². The molecule has 0 aliphatic carbocycles. The highest BCUT2D eigenvalue weighted by Gasteiger charge is 2.19. The lowest BCUT2D eigenvalue weighted by Crippen LogP contribution is -2.21. The Balaban J connectivity index is 1.99. The topological polar surface area (TPSA) is 64.3 Å². The van der Waals surface area contributed by atoms with E-state index >= 15 is 0 Å². The fraction of sp³-hybridized carbons (Fsp3) is 0.474. The first kappa shape index (κ1) is 19.5. The van der Waals surface area contributed by atoms with Crippen LogP contribution in [0, 0.1) is 13.8 Å². The third-order valence-electron chi connectivity index (χ3n) is 4.19. The van der Waals surface area contributed by atoms with E-state index in [9.17, 15) is 9.90 Å². The van der Waals surface area contributed by atoms with Crippen LogP contribution in [-0.4, -0.2) is 39.1 Å². The largest absolute Gasteiger partial charge is 0.461 e. The summed E-state index contributed by atoms with van der Waals surface area (Å²) in [5, 5.41) is 10.1. The van der Waals surface area contributed by atoms with Gasteiger partial charge in [0, 0.05) is 16.8 Å². The molecular weight excluding hydrogens is 336 g/mol. The summed E-state index contributed by atoms with van der Waals surface area (Å²) in [6.45, 7) is 8.05. The Morgan fingerprint density at radius 3 is 2.76 bits per heavy atom. The second-order valence-electron chi connectivity index (χ2n) is 6.12. The number of aliphatic hydroxyl groups excluding tert-OH is 1.